The number of halogens is 10. The molecule has 12 aromatic rings. The minimum absolute atomic E-state index is 0. The van der Waals surface area contributed by atoms with E-state index in [0.29, 0.717) is 22.8 Å². The number of hydrogen-bond acceptors (Lipinski definition) is 8. The van der Waals surface area contributed by atoms with Crippen LogP contribution in [0.4, 0.5) is 43.9 Å². The number of nitrogens with zero attached hydrogens (tertiary/aromatic N) is 10. The topological polar surface area (TPSA) is 113 Å². The van der Waals surface area contributed by atoms with Gasteiger partial charge in [0.05, 0.1) is 39.9 Å². The van der Waals surface area contributed by atoms with Gasteiger partial charge in [-0.15, -0.1) is 12.1 Å². The number of alkyl halides is 6. The molecular weight excluding hydrogens is 1490 g/mol. The minimum Gasteiger partial charge on any atom is -0.343 e. The summed E-state index contributed by atoms with van der Waals surface area (Å²) in [6, 6.07) is 64.7. The SMILES string of the molecule is Fc1c[c-]c(-c2cccc(C(c3ccccc3)(c3ccccc3)c3cccc(-n4[c-]cc(C(F)(F)F)n4)n3)n2)c(F)n1.Fc1ccc(-c2cccc(C(c3ccccc3)(c3ccccc3)c3cccc(-n4ccc(C(F)(F)F)n4)n3)n2)c(F)n1.[Pt+2].[Pt]. The molecule has 86 heavy (non-hydrogen) atoms. The first-order chi connectivity index (χ1) is 40.5. The molecule has 0 saturated carbocycles. The Kier molecular flexibility index (Phi) is 18.3. The van der Waals surface area contributed by atoms with Crippen molar-refractivity contribution in [2.75, 3.05) is 0 Å². The predicted octanol–water partition coefficient (Wildman–Crippen LogP) is 14.4. The fourth-order valence-electron chi connectivity index (χ4n) is 9.92. The maximum Gasteiger partial charge on any atom is 2.00 e. The van der Waals surface area contributed by atoms with Crippen molar-refractivity contribution >= 4 is 0 Å². The van der Waals surface area contributed by atoms with E-state index in [2.05, 4.69) is 32.4 Å². The van der Waals surface area contributed by atoms with Gasteiger partial charge in [0.25, 0.3) is 0 Å². The molecule has 0 aliphatic rings. The molecule has 0 fully saturated rings. The molecule has 434 valence electrons. The summed E-state index contributed by atoms with van der Waals surface area (Å²) in [4.78, 5) is 25.9. The van der Waals surface area contributed by atoms with Crippen molar-refractivity contribution in [2.24, 2.45) is 0 Å². The van der Waals surface area contributed by atoms with Gasteiger partial charge in [0.15, 0.2) is 11.5 Å². The van der Waals surface area contributed by atoms with Crippen LogP contribution in [0.5, 0.6) is 0 Å². The Morgan fingerprint density at radius 1 is 0.360 bits per heavy atom. The molecule has 0 radical (unpaired) electrons. The van der Waals surface area contributed by atoms with Crippen LogP contribution in [-0.2, 0) is 65.3 Å². The van der Waals surface area contributed by atoms with Crippen molar-refractivity contribution in [1.29, 1.82) is 0 Å². The van der Waals surface area contributed by atoms with Crippen LogP contribution in [-0.4, -0.2) is 49.5 Å². The summed E-state index contributed by atoms with van der Waals surface area (Å²) in [6.45, 7) is 0. The van der Waals surface area contributed by atoms with Crippen LogP contribution in [0.3, 0.4) is 0 Å². The van der Waals surface area contributed by atoms with E-state index < -0.39 is 58.4 Å². The maximum atomic E-state index is 14.8. The van der Waals surface area contributed by atoms with Gasteiger partial charge in [-0.2, -0.15) is 45.2 Å². The van der Waals surface area contributed by atoms with Gasteiger partial charge in [-0.3, -0.25) is 25.0 Å². The van der Waals surface area contributed by atoms with Crippen LogP contribution in [0.1, 0.15) is 56.4 Å². The number of pyridine rings is 6. The summed E-state index contributed by atoms with van der Waals surface area (Å²) in [5.41, 5.74) is 0.311. The summed E-state index contributed by atoms with van der Waals surface area (Å²) in [7, 11) is 0. The Hall–Kier alpha value is -9.12. The van der Waals surface area contributed by atoms with Gasteiger partial charge < -0.3 is 4.68 Å². The molecule has 0 saturated heterocycles. The standard InChI is InChI=1S/C32H20F5N5.C32H18F5N5.2Pt/c2*33-28-18-17-23(30(34)40-28)24-13-7-14-25(38-24)31(21-9-3-1-4-10-21,22-11-5-2-6-12-22)26-15-8-16-29(39-26)42-20-19-27(41-42)32(35,36)37;;/h1-20H;1-16,18-19H;;/q;-2;;+2. The normalized spacial score (nSPS) is 11.7. The zero-order valence-electron chi connectivity index (χ0n) is 43.8. The number of hydrogen-bond donors (Lipinski definition) is 0. The molecule has 0 N–H and O–H groups in total. The van der Waals surface area contributed by atoms with Crippen LogP contribution in [0.25, 0.3) is 34.2 Å². The minimum atomic E-state index is -4.65. The first kappa shape index (κ1) is 61.4. The van der Waals surface area contributed by atoms with E-state index in [1.807, 2.05) is 121 Å². The molecule has 12 rings (SSSR count). The van der Waals surface area contributed by atoms with E-state index in [-0.39, 0.29) is 76.3 Å². The molecule has 0 spiro atoms. The Labute approximate surface area is 512 Å². The van der Waals surface area contributed by atoms with E-state index in [9.17, 15) is 43.9 Å². The van der Waals surface area contributed by atoms with Gasteiger partial charge in [-0.05, 0) is 82.5 Å². The average Bonchev–Trinajstić information content (AvgIpc) is 0.879. The molecule has 10 nitrogen and oxygen atoms in total. The van der Waals surface area contributed by atoms with Crippen LogP contribution in [0.15, 0.2) is 231 Å². The van der Waals surface area contributed by atoms with Gasteiger partial charge in [0.2, 0.25) is 11.9 Å². The second-order valence-corrected chi connectivity index (χ2v) is 18.6. The van der Waals surface area contributed by atoms with Crippen LogP contribution in [0, 0.1) is 36.1 Å². The van der Waals surface area contributed by atoms with Crippen LogP contribution in [0.2, 0.25) is 0 Å². The van der Waals surface area contributed by atoms with E-state index in [1.54, 1.807) is 66.7 Å². The second kappa shape index (κ2) is 25.6. The Morgan fingerprint density at radius 2 is 0.802 bits per heavy atom. The van der Waals surface area contributed by atoms with Crippen molar-refractivity contribution in [3.63, 3.8) is 0 Å². The van der Waals surface area contributed by atoms with Crippen LogP contribution < -0.4 is 0 Å². The molecule has 8 heterocycles. The zero-order chi connectivity index (χ0) is 58.6. The van der Waals surface area contributed by atoms with E-state index in [1.165, 1.54) is 18.3 Å². The average molecular weight is 1530 g/mol. The van der Waals surface area contributed by atoms with Crippen LogP contribution >= 0.6 is 0 Å². The zero-order valence-corrected chi connectivity index (χ0v) is 48.4. The quantitative estimate of drug-likeness (QED) is 0.0675. The molecule has 4 aromatic carbocycles. The Bertz CT molecular complexity index is 3910. The molecule has 0 atom stereocenters. The summed E-state index contributed by atoms with van der Waals surface area (Å²) < 4.78 is 139. The van der Waals surface area contributed by atoms with E-state index in [4.69, 9.17) is 19.9 Å². The molecule has 0 aliphatic carbocycles. The van der Waals surface area contributed by atoms with E-state index in [0.717, 1.165) is 55.9 Å². The largest absolute Gasteiger partial charge is 2.00 e. The third-order valence-corrected chi connectivity index (χ3v) is 13.6. The molecule has 8 aromatic heterocycles. The summed E-state index contributed by atoms with van der Waals surface area (Å²) >= 11 is 0. The molecule has 0 bridgehead atoms. The fourth-order valence-corrected chi connectivity index (χ4v) is 9.92. The van der Waals surface area contributed by atoms with Crippen molar-refractivity contribution in [3.8, 4) is 34.2 Å². The van der Waals surface area contributed by atoms with Crippen molar-refractivity contribution in [1.82, 2.24) is 49.5 Å². The smallest absolute Gasteiger partial charge is 0.343 e. The van der Waals surface area contributed by atoms with Gasteiger partial charge in [-0.25, -0.2) is 18.4 Å². The molecule has 0 unspecified atom stereocenters. The van der Waals surface area contributed by atoms with Gasteiger partial charge in [-0.1, -0.05) is 176 Å². The van der Waals surface area contributed by atoms with E-state index >= 15 is 0 Å². The number of rotatable bonds is 12. The maximum absolute atomic E-state index is 14.8. The number of benzene rings is 4. The van der Waals surface area contributed by atoms with Crippen molar-refractivity contribution in [3.05, 3.63) is 323 Å². The van der Waals surface area contributed by atoms with Crippen molar-refractivity contribution < 1.29 is 86.0 Å². The first-order valence-electron chi connectivity index (χ1n) is 25.4. The summed E-state index contributed by atoms with van der Waals surface area (Å²) in [6.07, 6.45) is -5.57. The third-order valence-electron chi connectivity index (χ3n) is 13.6. The number of aromatic nitrogens is 10. The van der Waals surface area contributed by atoms with Crippen molar-refractivity contribution in [2.45, 2.75) is 23.2 Å². The molecule has 0 aliphatic heterocycles. The first-order valence-corrected chi connectivity index (χ1v) is 25.4. The monoisotopic (exact) mass is 1530 g/mol. The second-order valence-electron chi connectivity index (χ2n) is 18.6. The summed E-state index contributed by atoms with van der Waals surface area (Å²) in [5.74, 6) is -3.80. The third kappa shape index (κ3) is 12.2. The molecule has 0 amide bonds. The fraction of sp³-hybridized carbons (Fsp3) is 0.0625. The van der Waals surface area contributed by atoms with Gasteiger partial charge in [0.1, 0.15) is 22.7 Å². The van der Waals surface area contributed by atoms with Gasteiger partial charge in [0, 0.05) is 33.0 Å². The Balaban J connectivity index is 0.000000201. The summed E-state index contributed by atoms with van der Waals surface area (Å²) in [5, 5.41) is 7.34. The molecule has 22 heteroatoms. The predicted molar refractivity (Wildman–Crippen MR) is 289 cm³/mol. The van der Waals surface area contributed by atoms with Gasteiger partial charge >= 0.3 is 33.4 Å². The Morgan fingerprint density at radius 3 is 1.27 bits per heavy atom. The molecular formula is C64H38F10N10Pt2.